The van der Waals surface area contributed by atoms with E-state index >= 15 is 0 Å². The van der Waals surface area contributed by atoms with Crippen LogP contribution < -0.4 is 0 Å². The number of aliphatic hydroxyl groups excluding tert-OH is 5. The van der Waals surface area contributed by atoms with Crippen molar-refractivity contribution in [3.63, 3.8) is 0 Å². The van der Waals surface area contributed by atoms with Crippen LogP contribution in [0.5, 0.6) is 0 Å². The van der Waals surface area contributed by atoms with Gasteiger partial charge in [-0.3, -0.25) is 23.2 Å². The number of hydrogen-bond acceptors (Lipinski definition) is 14. The molecule has 0 aromatic heterocycles. The molecule has 0 spiro atoms. The molecule has 5 unspecified atom stereocenters. The summed E-state index contributed by atoms with van der Waals surface area (Å²) in [5.74, 6) is -1.32. The van der Waals surface area contributed by atoms with Crippen LogP contribution >= 0.6 is 15.6 Å². The molecule has 1 rings (SSSR count). The fourth-order valence-corrected chi connectivity index (χ4v) is 8.75. The lowest BCUT2D eigenvalue weighted by Crippen LogP contribution is -2.64. The molecule has 0 aromatic rings. The van der Waals surface area contributed by atoms with Crippen LogP contribution in [0, 0.1) is 0 Å². The van der Waals surface area contributed by atoms with Crippen LogP contribution in [0.25, 0.3) is 0 Å². The first kappa shape index (κ1) is 63.7. The number of phosphoric acid groups is 2. The third-order valence-electron chi connectivity index (χ3n) is 11.1. The second-order valence-electron chi connectivity index (χ2n) is 17.4. The average Bonchev–Trinajstić information content (AvgIpc) is 3.29. The fraction of sp³-hybridized carbons (Fsp3) is 0.755. The van der Waals surface area contributed by atoms with E-state index < -0.39 is 89.6 Å². The fourth-order valence-electron chi connectivity index (χ4n) is 7.21. The number of hydrogen-bond donors (Lipinski definition) is 8. The second kappa shape index (κ2) is 39.3. The van der Waals surface area contributed by atoms with Gasteiger partial charge in [0.05, 0.1) is 12.7 Å². The highest BCUT2D eigenvalue weighted by atomic mass is 31.2. The van der Waals surface area contributed by atoms with Crippen molar-refractivity contribution in [3.05, 3.63) is 60.8 Å². The third-order valence-corrected chi connectivity index (χ3v) is 12.6. The lowest BCUT2D eigenvalue weighted by atomic mass is 9.85. The van der Waals surface area contributed by atoms with E-state index in [0.29, 0.717) is 32.1 Å². The molecular weight excluding hydrogens is 922 g/mol. The first-order valence-corrected chi connectivity index (χ1v) is 28.0. The molecule has 0 aromatic carbocycles. The van der Waals surface area contributed by atoms with Gasteiger partial charge in [-0.2, -0.15) is 0 Å². The van der Waals surface area contributed by atoms with Crippen LogP contribution in [-0.2, 0) is 41.8 Å². The number of carbonyl (C=O) groups excluding carboxylic acids is 2. The van der Waals surface area contributed by atoms with Crippen molar-refractivity contribution in [2.45, 2.75) is 223 Å². The molecule has 1 saturated carbocycles. The first-order chi connectivity index (χ1) is 32.5. The standard InChI is InChI=1S/C49H86O17P2/c1-3-5-7-9-11-12-13-14-15-16-17-18-19-20-24-29-33-37-43(52)64-41(39-63-68(60,61)66-49-46(55)44(53)45(54)48(47(49)56)65-67(57,58)59)38-62-42(51)36-32-28-25-21-23-27-31-35-40(50)34-30-26-22-10-8-6-4-2/h14-15,21-22,25-27,30-31,34,40-41,44-50,53-56H,3-13,16-20,23-24,28-29,32-33,35-39H2,1-2H3,(H,60,61)(H2,57,58,59)/b15-14-,25-21+,26-22-,31-27-,34-30-/t40-,41-,44?,45?,46?,47?,48-,49+/m1/s1. The lowest BCUT2D eigenvalue weighted by molar-refractivity contribution is -0.216. The van der Waals surface area contributed by atoms with Gasteiger partial charge in [0.25, 0.3) is 0 Å². The number of phosphoric ester groups is 2. The number of rotatable bonds is 41. The van der Waals surface area contributed by atoms with E-state index in [9.17, 15) is 58.9 Å². The molecule has 8 N–H and O–H groups in total. The van der Waals surface area contributed by atoms with E-state index in [0.717, 1.165) is 64.2 Å². The summed E-state index contributed by atoms with van der Waals surface area (Å²) in [4.78, 5) is 54.3. The summed E-state index contributed by atoms with van der Waals surface area (Å²) < 4.78 is 49.3. The van der Waals surface area contributed by atoms with E-state index in [-0.39, 0.29) is 12.8 Å². The molecule has 0 bridgehead atoms. The van der Waals surface area contributed by atoms with Crippen molar-refractivity contribution in [2.24, 2.45) is 0 Å². The Bertz CT molecular complexity index is 1560. The monoisotopic (exact) mass is 1010 g/mol. The molecule has 1 aliphatic carbocycles. The van der Waals surface area contributed by atoms with E-state index in [2.05, 4.69) is 36.6 Å². The Morgan fingerprint density at radius 3 is 1.68 bits per heavy atom. The van der Waals surface area contributed by atoms with Crippen LogP contribution in [0.2, 0.25) is 0 Å². The summed E-state index contributed by atoms with van der Waals surface area (Å²) >= 11 is 0. The molecule has 0 aliphatic heterocycles. The predicted octanol–water partition coefficient (Wildman–Crippen LogP) is 8.81. The molecule has 68 heavy (non-hydrogen) atoms. The Balaban J connectivity index is 2.63. The van der Waals surface area contributed by atoms with Gasteiger partial charge in [0, 0.05) is 12.8 Å². The van der Waals surface area contributed by atoms with Gasteiger partial charge in [0.2, 0.25) is 0 Å². The minimum atomic E-state index is -5.38. The molecule has 19 heteroatoms. The SMILES string of the molecule is CCCCC/C=C\C=C/[C@@H](O)C/C=C\C/C=C/CCCC(=O)OC[C@H](COP(=O)(O)O[C@H]1C(O)C(O)C(O)[C@@H](OP(=O)(O)O)C1O)OC(=O)CCCCCCCCC/C=C\CCCCCCCC. The molecule has 0 heterocycles. The highest BCUT2D eigenvalue weighted by Gasteiger charge is 2.54. The highest BCUT2D eigenvalue weighted by molar-refractivity contribution is 7.47. The highest BCUT2D eigenvalue weighted by Crippen LogP contribution is 2.49. The van der Waals surface area contributed by atoms with Crippen molar-refractivity contribution in [1.29, 1.82) is 0 Å². The smallest absolute Gasteiger partial charge is 0.462 e. The van der Waals surface area contributed by atoms with Crippen molar-refractivity contribution in [1.82, 2.24) is 0 Å². The Morgan fingerprint density at radius 1 is 0.544 bits per heavy atom. The maximum atomic E-state index is 13.0. The average molecular weight is 1010 g/mol. The number of allylic oxidation sites excluding steroid dienone is 8. The van der Waals surface area contributed by atoms with Gasteiger partial charge in [-0.15, -0.1) is 0 Å². The van der Waals surface area contributed by atoms with Crippen LogP contribution in [0.4, 0.5) is 0 Å². The van der Waals surface area contributed by atoms with Gasteiger partial charge in [-0.25, -0.2) is 9.13 Å². The minimum Gasteiger partial charge on any atom is -0.462 e. The molecule has 0 amide bonds. The predicted molar refractivity (Wildman–Crippen MR) is 261 cm³/mol. The molecule has 17 nitrogen and oxygen atoms in total. The van der Waals surface area contributed by atoms with E-state index in [4.69, 9.17) is 18.5 Å². The Labute approximate surface area is 405 Å². The van der Waals surface area contributed by atoms with E-state index in [1.807, 2.05) is 36.5 Å². The number of unbranched alkanes of at least 4 members (excludes halogenated alkanes) is 17. The van der Waals surface area contributed by atoms with E-state index in [1.54, 1.807) is 6.08 Å². The molecular formula is C49H86O17P2. The number of ether oxygens (including phenoxy) is 2. The zero-order valence-corrected chi connectivity index (χ0v) is 42.4. The Morgan fingerprint density at radius 2 is 1.04 bits per heavy atom. The van der Waals surface area contributed by atoms with Crippen LogP contribution in [0.15, 0.2) is 60.8 Å². The zero-order chi connectivity index (χ0) is 50.5. The quantitative estimate of drug-likeness (QED) is 0.00934. The minimum absolute atomic E-state index is 0.00826. The van der Waals surface area contributed by atoms with Gasteiger partial charge in [0.1, 0.15) is 43.2 Å². The summed E-state index contributed by atoms with van der Waals surface area (Å²) in [5, 5.41) is 51.4. The summed E-state index contributed by atoms with van der Waals surface area (Å²) in [5.41, 5.74) is 0. The summed E-state index contributed by atoms with van der Waals surface area (Å²) in [6.07, 6.45) is 27.6. The van der Waals surface area contributed by atoms with Gasteiger partial charge < -0.3 is 49.7 Å². The molecule has 9 atom stereocenters. The van der Waals surface area contributed by atoms with Crippen molar-refractivity contribution >= 4 is 27.6 Å². The summed E-state index contributed by atoms with van der Waals surface area (Å²) in [6, 6.07) is 0. The van der Waals surface area contributed by atoms with Crippen LogP contribution in [0.1, 0.15) is 174 Å². The van der Waals surface area contributed by atoms with Gasteiger partial charge in [-0.1, -0.05) is 152 Å². The van der Waals surface area contributed by atoms with Crippen LogP contribution in [-0.4, -0.2) is 114 Å². The molecule has 1 fully saturated rings. The van der Waals surface area contributed by atoms with Crippen molar-refractivity contribution in [2.75, 3.05) is 13.2 Å². The van der Waals surface area contributed by atoms with Gasteiger partial charge in [0.15, 0.2) is 6.10 Å². The third kappa shape index (κ3) is 33.3. The number of aliphatic hydroxyl groups is 5. The molecule has 0 saturated heterocycles. The summed E-state index contributed by atoms with van der Waals surface area (Å²) in [7, 11) is -10.7. The van der Waals surface area contributed by atoms with Crippen LogP contribution in [0.3, 0.4) is 0 Å². The topological polar surface area (TPSA) is 276 Å². The van der Waals surface area contributed by atoms with Gasteiger partial charge in [-0.05, 0) is 70.6 Å². The molecule has 394 valence electrons. The maximum absolute atomic E-state index is 13.0. The van der Waals surface area contributed by atoms with E-state index in [1.165, 1.54) is 51.4 Å². The molecule has 0 radical (unpaired) electrons. The maximum Gasteiger partial charge on any atom is 0.472 e. The zero-order valence-electron chi connectivity index (χ0n) is 40.6. The second-order valence-corrected chi connectivity index (χ2v) is 20.0. The Hall–Kier alpha value is -2.34. The number of esters is 2. The molecule has 1 aliphatic rings. The largest absolute Gasteiger partial charge is 0.472 e. The normalized spacial score (nSPS) is 22.2. The lowest BCUT2D eigenvalue weighted by Gasteiger charge is -2.43. The van der Waals surface area contributed by atoms with Crippen molar-refractivity contribution < 1.29 is 82.0 Å². The van der Waals surface area contributed by atoms with Gasteiger partial charge >= 0.3 is 27.6 Å². The van der Waals surface area contributed by atoms with Crippen molar-refractivity contribution in [3.8, 4) is 0 Å². The number of carbonyl (C=O) groups is 2. The Kier molecular flexibility index (Phi) is 36.8. The first-order valence-electron chi connectivity index (χ1n) is 24.9. The summed E-state index contributed by atoms with van der Waals surface area (Å²) in [6.45, 7) is 2.96.